The molecule has 6 heteroatoms. The molecule has 0 aromatic heterocycles. The van der Waals surface area contributed by atoms with Crippen LogP contribution in [0.2, 0.25) is 6.04 Å². The monoisotopic (exact) mass is 236 g/mol. The first kappa shape index (κ1) is 13.1. The molecule has 0 N–H and O–H groups in total. The van der Waals surface area contributed by atoms with Gasteiger partial charge in [0.15, 0.2) is 9.76 Å². The van der Waals surface area contributed by atoms with E-state index >= 15 is 0 Å². The standard InChI is InChI=1S/C9H20O5Si/c1-10-9(11-2,12-3)4-5-15-14-7-8-6-13-8/h8H,4-7,15H2,1-3H3. The van der Waals surface area contributed by atoms with Gasteiger partial charge in [-0.05, 0) is 6.04 Å². The Morgan fingerprint density at radius 2 is 1.87 bits per heavy atom. The molecule has 1 heterocycles. The summed E-state index contributed by atoms with van der Waals surface area (Å²) in [6.07, 6.45) is 1.06. The summed E-state index contributed by atoms with van der Waals surface area (Å²) in [6.45, 7) is 1.60. The Morgan fingerprint density at radius 3 is 2.33 bits per heavy atom. The molecule has 1 atom stereocenters. The maximum atomic E-state index is 5.53. The fourth-order valence-corrected chi connectivity index (χ4v) is 2.54. The molecule has 0 aromatic rings. The molecule has 1 aliphatic heterocycles. The Balaban J connectivity index is 2.04. The lowest BCUT2D eigenvalue weighted by Gasteiger charge is -2.28. The average Bonchev–Trinajstić information content (AvgIpc) is 3.08. The second-order valence-electron chi connectivity index (χ2n) is 3.43. The molecule has 0 saturated carbocycles. The van der Waals surface area contributed by atoms with Crippen LogP contribution in [0.25, 0.3) is 0 Å². The number of epoxide rings is 1. The van der Waals surface area contributed by atoms with Crippen molar-refractivity contribution in [2.24, 2.45) is 0 Å². The first-order valence-corrected chi connectivity index (χ1v) is 6.69. The minimum atomic E-state index is -0.896. The first-order valence-electron chi connectivity index (χ1n) is 5.11. The van der Waals surface area contributed by atoms with Gasteiger partial charge < -0.3 is 23.4 Å². The average molecular weight is 236 g/mol. The van der Waals surface area contributed by atoms with Crippen LogP contribution in [-0.2, 0) is 23.4 Å². The summed E-state index contributed by atoms with van der Waals surface area (Å²) in [5, 5.41) is 0. The molecule has 1 fully saturated rings. The molecule has 1 saturated heterocycles. The Morgan fingerprint density at radius 1 is 1.27 bits per heavy atom. The van der Waals surface area contributed by atoms with Crippen LogP contribution in [0.1, 0.15) is 6.42 Å². The number of hydrogen-bond donors (Lipinski definition) is 0. The van der Waals surface area contributed by atoms with E-state index in [1.54, 1.807) is 21.3 Å². The fraction of sp³-hybridized carbons (Fsp3) is 1.00. The Kier molecular flexibility index (Phi) is 5.73. The largest absolute Gasteiger partial charge is 0.421 e. The third-order valence-electron chi connectivity index (χ3n) is 2.41. The smallest absolute Gasteiger partial charge is 0.281 e. The van der Waals surface area contributed by atoms with Crippen molar-refractivity contribution in [3.05, 3.63) is 0 Å². The summed E-state index contributed by atoms with van der Waals surface area (Å²) in [5.74, 6) is -0.896. The van der Waals surface area contributed by atoms with E-state index in [-0.39, 0.29) is 0 Å². The van der Waals surface area contributed by atoms with E-state index in [1.165, 1.54) is 0 Å². The summed E-state index contributed by atoms with van der Waals surface area (Å²) in [4.78, 5) is 0. The van der Waals surface area contributed by atoms with Gasteiger partial charge in [0, 0.05) is 27.8 Å². The summed E-state index contributed by atoms with van der Waals surface area (Å²) < 4.78 is 26.1. The van der Waals surface area contributed by atoms with Crippen molar-refractivity contribution in [2.75, 3.05) is 34.5 Å². The Labute approximate surface area is 92.9 Å². The van der Waals surface area contributed by atoms with E-state index < -0.39 is 15.7 Å². The summed E-state index contributed by atoms with van der Waals surface area (Å²) in [7, 11) is 4.21. The molecule has 0 aliphatic carbocycles. The van der Waals surface area contributed by atoms with Crippen LogP contribution in [0.15, 0.2) is 0 Å². The predicted octanol–water partition coefficient (Wildman–Crippen LogP) is -0.113. The molecular weight excluding hydrogens is 216 g/mol. The SMILES string of the molecule is COC(CC[SiH2]OCC1CO1)(OC)OC. The summed E-state index contributed by atoms with van der Waals surface area (Å²) >= 11 is 0. The molecule has 15 heavy (non-hydrogen) atoms. The third-order valence-corrected chi connectivity index (χ3v) is 3.58. The maximum absolute atomic E-state index is 5.53. The van der Waals surface area contributed by atoms with Crippen LogP contribution in [0.5, 0.6) is 0 Å². The van der Waals surface area contributed by atoms with Crippen LogP contribution in [0.3, 0.4) is 0 Å². The highest BCUT2D eigenvalue weighted by molar-refractivity contribution is 6.27. The lowest BCUT2D eigenvalue weighted by Crippen LogP contribution is -2.36. The second kappa shape index (κ2) is 6.57. The summed E-state index contributed by atoms with van der Waals surface area (Å²) in [5.41, 5.74) is 0. The normalized spacial score (nSPS) is 21.4. The van der Waals surface area contributed by atoms with Gasteiger partial charge in [0.25, 0.3) is 5.97 Å². The lowest BCUT2D eigenvalue weighted by atomic mass is 10.4. The fourth-order valence-electron chi connectivity index (χ4n) is 1.33. The van der Waals surface area contributed by atoms with Crippen molar-refractivity contribution >= 4 is 9.76 Å². The van der Waals surface area contributed by atoms with Crippen LogP contribution < -0.4 is 0 Å². The highest BCUT2D eigenvalue weighted by Gasteiger charge is 2.29. The zero-order chi connectivity index (χ0) is 11.1. The van der Waals surface area contributed by atoms with Gasteiger partial charge in [0.2, 0.25) is 0 Å². The van der Waals surface area contributed by atoms with Crippen LogP contribution >= 0.6 is 0 Å². The van der Waals surface area contributed by atoms with E-state index in [9.17, 15) is 0 Å². The van der Waals surface area contributed by atoms with Gasteiger partial charge in [-0.15, -0.1) is 0 Å². The van der Waals surface area contributed by atoms with E-state index in [2.05, 4.69) is 0 Å². The van der Waals surface area contributed by atoms with Crippen molar-refractivity contribution in [3.8, 4) is 0 Å². The number of hydrogen-bond acceptors (Lipinski definition) is 5. The maximum Gasteiger partial charge on any atom is 0.281 e. The molecule has 0 amide bonds. The third kappa shape index (κ3) is 4.58. The molecule has 1 unspecified atom stereocenters. The van der Waals surface area contributed by atoms with Gasteiger partial charge in [-0.3, -0.25) is 0 Å². The van der Waals surface area contributed by atoms with Crippen molar-refractivity contribution in [2.45, 2.75) is 24.5 Å². The van der Waals surface area contributed by atoms with Crippen LogP contribution in [0, 0.1) is 0 Å². The molecule has 0 aromatic carbocycles. The van der Waals surface area contributed by atoms with Gasteiger partial charge in [0.1, 0.15) is 6.10 Å². The first-order chi connectivity index (χ1) is 7.26. The zero-order valence-electron chi connectivity index (χ0n) is 9.65. The molecular formula is C9H20O5Si. The van der Waals surface area contributed by atoms with Crippen molar-refractivity contribution < 1.29 is 23.4 Å². The second-order valence-corrected chi connectivity index (χ2v) is 4.95. The minimum absolute atomic E-state index is 0.356. The van der Waals surface area contributed by atoms with E-state index in [0.717, 1.165) is 19.3 Å². The van der Waals surface area contributed by atoms with Gasteiger partial charge in [-0.2, -0.15) is 0 Å². The van der Waals surface area contributed by atoms with Gasteiger partial charge >= 0.3 is 0 Å². The van der Waals surface area contributed by atoms with Gasteiger partial charge in [0.05, 0.1) is 13.2 Å². The zero-order valence-corrected chi connectivity index (χ0v) is 11.1. The number of methoxy groups -OCH3 is 3. The number of ether oxygens (including phenoxy) is 4. The molecule has 1 rings (SSSR count). The van der Waals surface area contributed by atoms with Crippen molar-refractivity contribution in [1.82, 2.24) is 0 Å². The highest BCUT2D eigenvalue weighted by atomic mass is 28.2. The lowest BCUT2D eigenvalue weighted by molar-refractivity contribution is -0.352. The highest BCUT2D eigenvalue weighted by Crippen LogP contribution is 2.19. The van der Waals surface area contributed by atoms with Crippen LogP contribution in [0.4, 0.5) is 0 Å². The Bertz CT molecular complexity index is 162. The van der Waals surface area contributed by atoms with Crippen molar-refractivity contribution in [3.63, 3.8) is 0 Å². The molecule has 0 bridgehead atoms. The molecule has 0 radical (unpaired) electrons. The van der Waals surface area contributed by atoms with Gasteiger partial charge in [-0.1, -0.05) is 0 Å². The number of rotatable bonds is 9. The van der Waals surface area contributed by atoms with Gasteiger partial charge in [-0.25, -0.2) is 0 Å². The quantitative estimate of drug-likeness (QED) is 0.242. The Hall–Kier alpha value is 0.0169. The molecule has 5 nitrogen and oxygen atoms in total. The van der Waals surface area contributed by atoms with E-state index in [1.807, 2.05) is 0 Å². The summed E-state index contributed by atoms with van der Waals surface area (Å²) in [6, 6.07) is 0.961. The molecule has 1 aliphatic rings. The predicted molar refractivity (Wildman–Crippen MR) is 57.4 cm³/mol. The van der Waals surface area contributed by atoms with E-state index in [4.69, 9.17) is 23.4 Å². The van der Waals surface area contributed by atoms with Crippen molar-refractivity contribution in [1.29, 1.82) is 0 Å². The topological polar surface area (TPSA) is 49.5 Å². The van der Waals surface area contributed by atoms with E-state index in [0.29, 0.717) is 12.5 Å². The van der Waals surface area contributed by atoms with Crippen LogP contribution in [-0.4, -0.2) is 56.4 Å². The molecule has 0 spiro atoms. The molecule has 90 valence electrons. The minimum Gasteiger partial charge on any atom is -0.421 e.